The fourth-order valence-corrected chi connectivity index (χ4v) is 1.45. The van der Waals surface area contributed by atoms with E-state index in [-0.39, 0.29) is 10.8 Å². The largest absolute Gasteiger partial charge is 0.477 e. The summed E-state index contributed by atoms with van der Waals surface area (Å²) >= 11 is 5.68. The average molecular weight is 213 g/mol. The van der Waals surface area contributed by atoms with Crippen LogP contribution in [0.2, 0.25) is 5.15 Å². The molecule has 74 valence electrons. The van der Waals surface area contributed by atoms with E-state index in [9.17, 15) is 4.79 Å². The summed E-state index contributed by atoms with van der Waals surface area (Å²) in [5.74, 6) is 0.0962. The molecule has 0 bridgehead atoms. The number of hydrogen-bond acceptors (Lipinski definition) is 3. The molecule has 4 nitrogen and oxygen atoms in total. The monoisotopic (exact) mass is 212 g/mol. The number of halogens is 1. The lowest BCUT2D eigenvalue weighted by Gasteiger charge is -2.00. The standard InChI is InChI=1S/C9H9ClN2O2/c10-7-4-6(9(13)14)11-8(12-7)3-5-1-2-5/h4-5H,1-3H2,(H,13,14). The molecule has 0 atom stereocenters. The molecule has 0 aromatic carbocycles. The Bertz CT molecular complexity index is 377. The van der Waals surface area contributed by atoms with E-state index in [0.29, 0.717) is 11.7 Å². The first-order chi connectivity index (χ1) is 6.65. The van der Waals surface area contributed by atoms with Gasteiger partial charge in [0.25, 0.3) is 0 Å². The number of rotatable bonds is 3. The number of aromatic carboxylic acids is 1. The number of carboxylic acid groups (broad SMARTS) is 1. The lowest BCUT2D eigenvalue weighted by Crippen LogP contribution is -2.06. The number of aromatic nitrogens is 2. The molecule has 1 aliphatic carbocycles. The highest BCUT2D eigenvalue weighted by molar-refractivity contribution is 6.29. The van der Waals surface area contributed by atoms with Crippen molar-refractivity contribution in [3.05, 3.63) is 22.7 Å². The van der Waals surface area contributed by atoms with Crippen LogP contribution in [0.4, 0.5) is 0 Å². The summed E-state index contributed by atoms with van der Waals surface area (Å²) in [5.41, 5.74) is -0.0272. The van der Waals surface area contributed by atoms with Crippen LogP contribution in [0.3, 0.4) is 0 Å². The summed E-state index contributed by atoms with van der Waals surface area (Å²) < 4.78 is 0. The zero-order valence-corrected chi connectivity index (χ0v) is 8.16. The molecule has 0 saturated heterocycles. The van der Waals surface area contributed by atoms with Gasteiger partial charge in [-0.05, 0) is 18.8 Å². The van der Waals surface area contributed by atoms with E-state index in [1.807, 2.05) is 0 Å². The molecule has 0 aliphatic heterocycles. The third-order valence-electron chi connectivity index (χ3n) is 2.13. The van der Waals surface area contributed by atoms with Gasteiger partial charge in [-0.25, -0.2) is 14.8 Å². The maximum atomic E-state index is 10.7. The summed E-state index contributed by atoms with van der Waals surface area (Å²) in [6.07, 6.45) is 3.09. The minimum absolute atomic E-state index is 0.0272. The number of nitrogens with zero attached hydrogens (tertiary/aromatic N) is 2. The van der Waals surface area contributed by atoms with Crippen molar-refractivity contribution in [2.24, 2.45) is 5.92 Å². The minimum atomic E-state index is -1.06. The maximum Gasteiger partial charge on any atom is 0.354 e. The molecule has 1 aliphatic rings. The first-order valence-electron chi connectivity index (χ1n) is 4.42. The van der Waals surface area contributed by atoms with Gasteiger partial charge in [-0.1, -0.05) is 11.6 Å². The number of hydrogen-bond donors (Lipinski definition) is 1. The Morgan fingerprint density at radius 2 is 2.29 bits per heavy atom. The summed E-state index contributed by atoms with van der Waals surface area (Å²) in [6.45, 7) is 0. The van der Waals surface area contributed by atoms with E-state index in [1.165, 1.54) is 18.9 Å². The lowest BCUT2D eigenvalue weighted by molar-refractivity contribution is 0.0690. The molecule has 1 fully saturated rings. The third kappa shape index (κ3) is 2.20. The maximum absolute atomic E-state index is 10.7. The zero-order chi connectivity index (χ0) is 10.1. The van der Waals surface area contributed by atoms with Crippen LogP contribution in [-0.4, -0.2) is 21.0 Å². The molecule has 1 heterocycles. The number of carboxylic acids is 1. The van der Waals surface area contributed by atoms with Gasteiger partial charge in [0.15, 0.2) is 5.69 Å². The second kappa shape index (κ2) is 3.53. The van der Waals surface area contributed by atoms with Gasteiger partial charge in [-0.3, -0.25) is 0 Å². The molecule has 1 aromatic rings. The fraction of sp³-hybridized carbons (Fsp3) is 0.444. The van der Waals surface area contributed by atoms with Crippen LogP contribution >= 0.6 is 11.6 Å². The second-order valence-corrected chi connectivity index (χ2v) is 3.83. The molecule has 2 rings (SSSR count). The van der Waals surface area contributed by atoms with E-state index in [4.69, 9.17) is 16.7 Å². The molecular formula is C9H9ClN2O2. The van der Waals surface area contributed by atoms with Crippen LogP contribution in [0.5, 0.6) is 0 Å². The third-order valence-corrected chi connectivity index (χ3v) is 2.32. The molecule has 1 N–H and O–H groups in total. The Hall–Kier alpha value is -1.16. The van der Waals surface area contributed by atoms with Crippen molar-refractivity contribution in [2.75, 3.05) is 0 Å². The highest BCUT2D eigenvalue weighted by Gasteiger charge is 2.23. The van der Waals surface area contributed by atoms with Gasteiger partial charge in [0.05, 0.1) is 0 Å². The lowest BCUT2D eigenvalue weighted by atomic mass is 10.2. The van der Waals surface area contributed by atoms with Gasteiger partial charge < -0.3 is 5.11 Å². The Morgan fingerprint density at radius 3 is 2.86 bits per heavy atom. The minimum Gasteiger partial charge on any atom is -0.477 e. The average Bonchev–Trinajstić information content (AvgIpc) is 2.87. The van der Waals surface area contributed by atoms with Gasteiger partial charge in [0.2, 0.25) is 0 Å². The Kier molecular flexibility index (Phi) is 2.37. The second-order valence-electron chi connectivity index (χ2n) is 3.44. The highest BCUT2D eigenvalue weighted by atomic mass is 35.5. The smallest absolute Gasteiger partial charge is 0.354 e. The van der Waals surface area contributed by atoms with E-state index in [0.717, 1.165) is 6.42 Å². The molecular weight excluding hydrogens is 204 g/mol. The SMILES string of the molecule is O=C(O)c1cc(Cl)nc(CC2CC2)n1. The van der Waals surface area contributed by atoms with Crippen molar-refractivity contribution in [1.29, 1.82) is 0 Å². The summed E-state index contributed by atoms with van der Waals surface area (Å²) in [6, 6.07) is 1.26. The molecule has 0 amide bonds. The Labute approximate surface area is 85.9 Å². The summed E-state index contributed by atoms with van der Waals surface area (Å²) in [7, 11) is 0. The van der Waals surface area contributed by atoms with Gasteiger partial charge in [-0.2, -0.15) is 0 Å². The van der Waals surface area contributed by atoms with Crippen LogP contribution in [-0.2, 0) is 6.42 Å². The van der Waals surface area contributed by atoms with Gasteiger partial charge in [-0.15, -0.1) is 0 Å². The van der Waals surface area contributed by atoms with E-state index in [2.05, 4.69) is 9.97 Å². The van der Waals surface area contributed by atoms with E-state index in [1.54, 1.807) is 0 Å². The van der Waals surface area contributed by atoms with Crippen LogP contribution in [0.15, 0.2) is 6.07 Å². The van der Waals surface area contributed by atoms with Crippen LogP contribution < -0.4 is 0 Å². The molecule has 0 unspecified atom stereocenters. The summed E-state index contributed by atoms with van der Waals surface area (Å²) in [5, 5.41) is 8.94. The zero-order valence-electron chi connectivity index (χ0n) is 7.40. The first-order valence-corrected chi connectivity index (χ1v) is 4.79. The molecule has 5 heteroatoms. The Morgan fingerprint density at radius 1 is 1.57 bits per heavy atom. The van der Waals surface area contributed by atoms with Gasteiger partial charge >= 0.3 is 5.97 Å². The van der Waals surface area contributed by atoms with Crippen molar-refractivity contribution in [3.8, 4) is 0 Å². The molecule has 0 radical (unpaired) electrons. The predicted molar refractivity (Wildman–Crippen MR) is 50.4 cm³/mol. The van der Waals surface area contributed by atoms with E-state index < -0.39 is 5.97 Å². The topological polar surface area (TPSA) is 63.1 Å². The normalized spacial score (nSPS) is 15.5. The van der Waals surface area contributed by atoms with Crippen LogP contribution in [0.1, 0.15) is 29.2 Å². The molecule has 1 aromatic heterocycles. The number of carbonyl (C=O) groups is 1. The van der Waals surface area contributed by atoms with E-state index >= 15 is 0 Å². The quantitative estimate of drug-likeness (QED) is 0.776. The molecule has 0 spiro atoms. The predicted octanol–water partition coefficient (Wildman–Crippen LogP) is 1.78. The van der Waals surface area contributed by atoms with Crippen LogP contribution in [0, 0.1) is 5.92 Å². The summed E-state index contributed by atoms with van der Waals surface area (Å²) in [4.78, 5) is 18.6. The van der Waals surface area contributed by atoms with Crippen molar-refractivity contribution < 1.29 is 9.90 Å². The van der Waals surface area contributed by atoms with Gasteiger partial charge in [0.1, 0.15) is 11.0 Å². The Balaban J connectivity index is 2.25. The highest BCUT2D eigenvalue weighted by Crippen LogP contribution is 2.31. The van der Waals surface area contributed by atoms with Crippen molar-refractivity contribution >= 4 is 17.6 Å². The van der Waals surface area contributed by atoms with Crippen molar-refractivity contribution in [3.63, 3.8) is 0 Å². The molecule has 14 heavy (non-hydrogen) atoms. The molecule has 1 saturated carbocycles. The van der Waals surface area contributed by atoms with Crippen molar-refractivity contribution in [1.82, 2.24) is 9.97 Å². The fourth-order valence-electron chi connectivity index (χ4n) is 1.25. The first kappa shape index (κ1) is 9.40. The van der Waals surface area contributed by atoms with Crippen LogP contribution in [0.25, 0.3) is 0 Å². The van der Waals surface area contributed by atoms with Crippen molar-refractivity contribution in [2.45, 2.75) is 19.3 Å². The van der Waals surface area contributed by atoms with Gasteiger partial charge in [0, 0.05) is 12.5 Å².